The highest BCUT2D eigenvalue weighted by Crippen LogP contribution is 2.36. The van der Waals surface area contributed by atoms with E-state index in [-0.39, 0.29) is 6.04 Å². The van der Waals surface area contributed by atoms with Gasteiger partial charge >= 0.3 is 0 Å². The Morgan fingerprint density at radius 1 is 1.04 bits per heavy atom. The number of pyridine rings is 1. The fourth-order valence-corrected chi connectivity index (χ4v) is 3.57. The zero-order valence-electron chi connectivity index (χ0n) is 13.1. The van der Waals surface area contributed by atoms with Gasteiger partial charge in [-0.25, -0.2) is 9.50 Å². The number of benzene rings is 1. The number of nitrogens with zero attached hydrogens (tertiary/aromatic N) is 4. The molecule has 0 radical (unpaired) electrons. The van der Waals surface area contributed by atoms with Gasteiger partial charge in [0.25, 0.3) is 0 Å². The van der Waals surface area contributed by atoms with E-state index in [9.17, 15) is 0 Å². The standard InChI is InChI=1S/C19H17N5/c1-2-6-14(7-3-1)23-11-9-16-18(21-13-20-16)19(23)17-12-15-8-4-5-10-24(15)22-17/h1-8,10,12-13,19H,9,11H2,(H,20,21). The van der Waals surface area contributed by atoms with Gasteiger partial charge in [-0.15, -0.1) is 0 Å². The number of para-hydroxylation sites is 1. The lowest BCUT2D eigenvalue weighted by molar-refractivity contribution is 0.617. The number of aromatic nitrogens is 4. The number of H-pyrrole nitrogens is 1. The summed E-state index contributed by atoms with van der Waals surface area (Å²) in [7, 11) is 0. The molecule has 0 aliphatic carbocycles. The van der Waals surface area contributed by atoms with E-state index in [0.717, 1.165) is 29.9 Å². The first-order valence-electron chi connectivity index (χ1n) is 8.18. The van der Waals surface area contributed by atoms with Gasteiger partial charge in [-0.1, -0.05) is 24.3 Å². The van der Waals surface area contributed by atoms with Gasteiger partial charge in [0.05, 0.1) is 23.2 Å². The maximum Gasteiger partial charge on any atom is 0.117 e. The summed E-state index contributed by atoms with van der Waals surface area (Å²) >= 11 is 0. The van der Waals surface area contributed by atoms with Gasteiger partial charge in [0.15, 0.2) is 0 Å². The van der Waals surface area contributed by atoms with Crippen molar-refractivity contribution in [1.29, 1.82) is 0 Å². The van der Waals surface area contributed by atoms with E-state index in [2.05, 4.69) is 51.3 Å². The van der Waals surface area contributed by atoms with Crippen molar-refractivity contribution >= 4 is 11.2 Å². The molecule has 0 saturated carbocycles. The van der Waals surface area contributed by atoms with Crippen molar-refractivity contribution in [2.24, 2.45) is 0 Å². The molecule has 1 N–H and O–H groups in total. The summed E-state index contributed by atoms with van der Waals surface area (Å²) in [6.45, 7) is 0.942. The number of hydrogen-bond donors (Lipinski definition) is 1. The van der Waals surface area contributed by atoms with Crippen LogP contribution in [0.15, 0.2) is 67.1 Å². The normalized spacial score (nSPS) is 17.2. The summed E-state index contributed by atoms with van der Waals surface area (Å²) in [5, 5.41) is 4.81. The second-order valence-electron chi connectivity index (χ2n) is 6.09. The molecule has 0 fully saturated rings. The Bertz CT molecular complexity index is 952. The summed E-state index contributed by atoms with van der Waals surface area (Å²) < 4.78 is 1.93. The number of rotatable bonds is 2. The molecule has 5 nitrogen and oxygen atoms in total. The lowest BCUT2D eigenvalue weighted by Gasteiger charge is -2.35. The van der Waals surface area contributed by atoms with Gasteiger partial charge in [0, 0.05) is 30.5 Å². The van der Waals surface area contributed by atoms with E-state index < -0.39 is 0 Å². The number of nitrogens with one attached hydrogen (secondary N) is 1. The third-order valence-electron chi connectivity index (χ3n) is 4.68. The van der Waals surface area contributed by atoms with Crippen LogP contribution in [0.1, 0.15) is 23.1 Å². The molecule has 24 heavy (non-hydrogen) atoms. The van der Waals surface area contributed by atoms with Crippen LogP contribution in [0.5, 0.6) is 0 Å². The van der Waals surface area contributed by atoms with E-state index in [1.54, 1.807) is 6.33 Å². The van der Waals surface area contributed by atoms with E-state index in [4.69, 9.17) is 5.10 Å². The zero-order valence-corrected chi connectivity index (χ0v) is 13.1. The Kier molecular flexibility index (Phi) is 2.91. The fourth-order valence-electron chi connectivity index (χ4n) is 3.57. The van der Waals surface area contributed by atoms with Crippen molar-refractivity contribution in [3.63, 3.8) is 0 Å². The molecule has 1 aliphatic rings. The molecule has 4 aromatic rings. The van der Waals surface area contributed by atoms with Crippen LogP contribution in [0.25, 0.3) is 5.52 Å². The molecule has 5 heteroatoms. The van der Waals surface area contributed by atoms with Gasteiger partial charge in [0.1, 0.15) is 6.04 Å². The number of imidazole rings is 1. The molecule has 1 atom stereocenters. The van der Waals surface area contributed by atoms with E-state index >= 15 is 0 Å². The van der Waals surface area contributed by atoms with Crippen LogP contribution in [0.3, 0.4) is 0 Å². The Balaban J connectivity index is 1.68. The molecule has 118 valence electrons. The summed E-state index contributed by atoms with van der Waals surface area (Å²) in [5.41, 5.74) is 5.62. The Labute approximate surface area is 139 Å². The van der Waals surface area contributed by atoms with Crippen molar-refractivity contribution in [1.82, 2.24) is 19.6 Å². The third-order valence-corrected chi connectivity index (χ3v) is 4.68. The lowest BCUT2D eigenvalue weighted by atomic mass is 9.99. The van der Waals surface area contributed by atoms with Gasteiger partial charge in [-0.3, -0.25) is 0 Å². The average Bonchev–Trinajstić information content (AvgIpc) is 3.28. The van der Waals surface area contributed by atoms with Crippen LogP contribution in [0, 0.1) is 0 Å². The lowest BCUT2D eigenvalue weighted by Crippen LogP contribution is -2.36. The van der Waals surface area contributed by atoms with Gasteiger partial charge in [-0.05, 0) is 30.3 Å². The number of hydrogen-bond acceptors (Lipinski definition) is 3. The molecule has 0 saturated heterocycles. The summed E-state index contributed by atoms with van der Waals surface area (Å²) in [6.07, 6.45) is 4.75. The molecule has 3 aromatic heterocycles. The van der Waals surface area contributed by atoms with E-state index in [1.807, 2.05) is 28.9 Å². The minimum atomic E-state index is 0.0299. The quantitative estimate of drug-likeness (QED) is 0.618. The predicted octanol–water partition coefficient (Wildman–Crippen LogP) is 3.21. The van der Waals surface area contributed by atoms with Crippen LogP contribution >= 0.6 is 0 Å². The Morgan fingerprint density at radius 3 is 2.79 bits per heavy atom. The topological polar surface area (TPSA) is 49.2 Å². The first-order valence-corrected chi connectivity index (χ1v) is 8.18. The highest BCUT2D eigenvalue weighted by Gasteiger charge is 2.33. The van der Waals surface area contributed by atoms with E-state index in [1.165, 1.54) is 11.4 Å². The summed E-state index contributed by atoms with van der Waals surface area (Å²) in [6, 6.07) is 18.8. The molecular weight excluding hydrogens is 298 g/mol. The Morgan fingerprint density at radius 2 is 1.92 bits per heavy atom. The zero-order chi connectivity index (χ0) is 15.9. The average molecular weight is 315 g/mol. The van der Waals surface area contributed by atoms with Crippen molar-refractivity contribution in [2.45, 2.75) is 12.5 Å². The second-order valence-corrected chi connectivity index (χ2v) is 6.09. The molecule has 4 heterocycles. The second kappa shape index (κ2) is 5.23. The SMILES string of the molecule is c1ccc(N2CCc3[nH]cnc3C2c2cc3ccccn3n2)cc1. The number of aromatic amines is 1. The molecular formula is C19H17N5. The Hall–Kier alpha value is -3.08. The minimum Gasteiger partial charge on any atom is -0.357 e. The molecule has 0 spiro atoms. The maximum atomic E-state index is 4.81. The van der Waals surface area contributed by atoms with Crippen LogP contribution in [-0.4, -0.2) is 26.1 Å². The van der Waals surface area contributed by atoms with Crippen molar-refractivity contribution in [2.75, 3.05) is 11.4 Å². The monoisotopic (exact) mass is 315 g/mol. The van der Waals surface area contributed by atoms with Gasteiger partial charge in [0.2, 0.25) is 0 Å². The van der Waals surface area contributed by atoms with E-state index in [0.29, 0.717) is 0 Å². The van der Waals surface area contributed by atoms with Gasteiger partial charge in [-0.2, -0.15) is 5.10 Å². The van der Waals surface area contributed by atoms with Crippen LogP contribution in [-0.2, 0) is 6.42 Å². The highest BCUT2D eigenvalue weighted by molar-refractivity contribution is 5.56. The third kappa shape index (κ3) is 2.01. The van der Waals surface area contributed by atoms with Crippen molar-refractivity contribution in [3.05, 3.63) is 84.2 Å². The maximum absolute atomic E-state index is 4.81. The molecule has 0 amide bonds. The first kappa shape index (κ1) is 13.4. The smallest absolute Gasteiger partial charge is 0.117 e. The highest BCUT2D eigenvalue weighted by atomic mass is 15.3. The molecule has 5 rings (SSSR count). The predicted molar refractivity (Wildman–Crippen MR) is 93.1 cm³/mol. The summed E-state index contributed by atoms with van der Waals surface area (Å²) in [4.78, 5) is 10.3. The molecule has 1 aromatic carbocycles. The fraction of sp³-hybridized carbons (Fsp3) is 0.158. The van der Waals surface area contributed by atoms with Gasteiger partial charge < -0.3 is 9.88 Å². The van der Waals surface area contributed by atoms with Crippen molar-refractivity contribution < 1.29 is 0 Å². The molecule has 0 bridgehead atoms. The van der Waals surface area contributed by atoms with Crippen LogP contribution in [0.2, 0.25) is 0 Å². The summed E-state index contributed by atoms with van der Waals surface area (Å²) in [5.74, 6) is 0. The largest absolute Gasteiger partial charge is 0.357 e. The molecule has 1 aliphatic heterocycles. The van der Waals surface area contributed by atoms with Crippen LogP contribution in [0.4, 0.5) is 5.69 Å². The van der Waals surface area contributed by atoms with Crippen molar-refractivity contribution in [3.8, 4) is 0 Å². The number of anilines is 1. The minimum absolute atomic E-state index is 0.0299. The number of fused-ring (bicyclic) bond motifs is 2. The first-order chi connectivity index (χ1) is 11.9. The van der Waals surface area contributed by atoms with Crippen LogP contribution < -0.4 is 4.90 Å². The molecule has 1 unspecified atom stereocenters.